The molecule has 0 saturated carbocycles. The molecule has 0 aromatic heterocycles. The smallest absolute Gasteiger partial charge is 0.870 e. The van der Waals surface area contributed by atoms with Crippen LogP contribution in [0.5, 0.6) is 0 Å². The summed E-state index contributed by atoms with van der Waals surface area (Å²) in [5.74, 6) is 0. The van der Waals surface area contributed by atoms with Crippen LogP contribution in [0, 0.1) is 62.2 Å². The largest absolute Gasteiger partial charge is 1.00 e. The van der Waals surface area contributed by atoms with Crippen LogP contribution in [0.15, 0.2) is 133 Å². The maximum atomic E-state index is 11.3. The maximum Gasteiger partial charge on any atom is 1.00 e. The molecule has 1 saturated heterocycles. The first-order chi connectivity index (χ1) is 31.8. The van der Waals surface area contributed by atoms with Crippen LogP contribution in [0.4, 0.5) is 175 Å². The fraction of sp³-hybridized carbons (Fsp3) is 0.405. The van der Waals surface area contributed by atoms with Gasteiger partial charge in [0.15, 0.2) is 0 Å². The van der Waals surface area contributed by atoms with Gasteiger partial charge in [0.25, 0.3) is 0 Å². The molecule has 101 heavy (non-hydrogen) atoms. The second-order valence-electron chi connectivity index (χ2n) is 12.5. The standard InChI is InChI=1S/C4H5F5S.C4H8O.8C2H3F5S.C2H4.11CH4.Na.H2O.2U.2V.2W.Y.H2/c1-2-3-4-10(5,6,7,8)9;1-2-4-5-3-1;8*1-2-8(3,4,5,6)7;1-2;;;;;;;;;;;;;;;;;;;;;/h2-4H,1H2;1-4H2;8*2H,1H2;1-2H2;11*1H4;;1H2;;;;;;;;1H/q;;;;;;;;;;;;;;;;;;;;;;+1;;;;;;;;;/p-1/b4-3+;;;;;;;;;;;;;;;;;;;;;;;;;;;;;;;/i;;;;;;;;;;;;;;;;;;;;;;;;;;;;;;;1+2. The number of rotatable bonds is 10. The van der Waals surface area contributed by atoms with Crippen LogP contribution in [0.3, 0.4) is 0 Å². The van der Waals surface area contributed by atoms with Gasteiger partial charge in [-0.25, -0.2) is 0 Å². The summed E-state index contributed by atoms with van der Waals surface area (Å²) in [4.78, 5) is 0. The molecule has 0 atom stereocenters. The molecule has 0 aliphatic carbocycles. The predicted octanol–water partition coefficient (Wildman–Crippen LogP) is 37.1. The number of allylic oxidation sites excluding steroid dienone is 2. The van der Waals surface area contributed by atoms with Crippen LogP contribution in [0.25, 0.3) is 0 Å². The van der Waals surface area contributed by atoms with Crippen molar-refractivity contribution in [2.45, 2.75) is 94.5 Å². The third-order valence-corrected chi connectivity index (χ3v) is 9.53. The second kappa shape index (κ2) is 45.8. The molecule has 0 amide bonds. The molecule has 0 aromatic carbocycles. The SMILES string of the molecule is C.C.C.C.C.C.C.C.C.C.C.C1CCOC1.C=C.C=C/C=C/S(F)(F)(F)(F)F.C=CS(F)(F)(F)(F)F.C=CS(F)(F)(F)(F)F.C=CS(F)(F)(F)(F)F.C=CS(F)(F)(F)(F)F.C=CS(F)(F)(F)(F)F.C=CS(F)(F)(F)(F)F.C=CS(F)(F)(F)(F)F.C=CS(F)(F)(F)(F)F.[3HH].[Na+].[OH-].[U].[U].[V].[V].[W].[W].[Y]. The Kier molecular flexibility index (Phi) is 91.5. The zero-order valence-electron chi connectivity index (χ0n) is 42.8. The summed E-state index contributed by atoms with van der Waals surface area (Å²) >= 11 is 0. The van der Waals surface area contributed by atoms with E-state index in [0.717, 1.165) is 13.2 Å². The molecule has 2 nitrogen and oxygen atoms in total. The Balaban J connectivity index is -0.0000000185. The molecule has 0 aromatic rings. The zero-order valence-corrected chi connectivity index (χ0v) is 72.0. The van der Waals surface area contributed by atoms with Crippen LogP contribution >= 0.6 is 92.0 Å². The first kappa shape index (κ1) is 202. The number of hydrogen-bond acceptors (Lipinski definition) is 2. The Morgan fingerprint density at radius 1 is 0.248 bits per heavy atom. The number of halogens is 45. The quantitative estimate of drug-likeness (QED) is 0.0946. The molecule has 651 valence electrons. The minimum absolute atomic E-state index is 0. The van der Waals surface area contributed by atoms with Gasteiger partial charge < -0.3 is 10.2 Å². The van der Waals surface area contributed by atoms with Gasteiger partial charge in [0.2, 0.25) is 0 Å². The van der Waals surface area contributed by atoms with E-state index in [0.29, 0.717) is 6.08 Å². The van der Waals surface area contributed by atoms with Gasteiger partial charge in [-0.3, -0.25) is 0 Å². The van der Waals surface area contributed by atoms with Crippen LogP contribution in [0.2, 0.25) is 0 Å². The van der Waals surface area contributed by atoms with Crippen molar-refractivity contribution in [2.24, 2.45) is 0 Å². The van der Waals surface area contributed by atoms with Crippen molar-refractivity contribution in [3.8, 4) is 0 Å². The average molecular weight is 2770 g/mol. The summed E-state index contributed by atoms with van der Waals surface area (Å²) < 4.78 is 494. The van der Waals surface area contributed by atoms with E-state index in [-0.39, 0.29) is 298 Å². The Labute approximate surface area is 714 Å². The van der Waals surface area contributed by atoms with Gasteiger partial charge in [-0.1, -0.05) is 322 Å². The van der Waals surface area contributed by atoms with Crippen molar-refractivity contribution in [2.75, 3.05) is 13.2 Å². The molecule has 1 heterocycles. The Hall–Kier alpha value is 3.81. The molecule has 0 unspecified atom stereocenters. The summed E-state index contributed by atoms with van der Waals surface area (Å²) in [7, 11) is -83.2. The third-order valence-electron chi connectivity index (χ3n) is 3.82. The molecular weight excluding hydrogens is 2680 g/mol. The van der Waals surface area contributed by atoms with Gasteiger partial charge >= 0.3 is 122 Å². The van der Waals surface area contributed by atoms with Gasteiger partial charge in [0.05, 0.1) is 48.7 Å². The first-order valence-electron chi connectivity index (χ1n) is 16.0. The number of ether oxygens (including phenoxy) is 1. The molecule has 64 heteroatoms. The summed E-state index contributed by atoms with van der Waals surface area (Å²) in [6.07, 6.45) is 3.36. The normalized spacial score (nSPS) is 16.6. The molecule has 1 rings (SSSR count). The van der Waals surface area contributed by atoms with Crippen molar-refractivity contribution in [3.63, 3.8) is 0 Å². The molecule has 0 bridgehead atoms. The molecule has 1 fully saturated rings. The number of hydrogen-bond donors (Lipinski definition) is 0. The minimum Gasteiger partial charge on any atom is -0.870 e. The van der Waals surface area contributed by atoms with E-state index in [2.05, 4.69) is 19.7 Å². The fourth-order valence-corrected chi connectivity index (χ4v) is 1.12. The summed E-state index contributed by atoms with van der Waals surface area (Å²) in [5, 5.41) is -10.9. The Bertz CT molecular complexity index is 1910. The summed E-state index contributed by atoms with van der Waals surface area (Å²) in [6, 6.07) is 0. The topological polar surface area (TPSA) is 39.2 Å². The maximum absolute atomic E-state index is 11.3. The zero-order chi connectivity index (χ0) is 71.0. The van der Waals surface area contributed by atoms with E-state index in [1.807, 2.05) is 52.6 Å². The molecule has 0 spiro atoms. The fourth-order valence-electron chi connectivity index (χ4n) is 0.714. The summed E-state index contributed by atoms with van der Waals surface area (Å²) in [6.45, 7) is 26.4. The average Bonchev–Trinajstić information content (AvgIpc) is 3.67. The van der Waals surface area contributed by atoms with Gasteiger partial charge in [0.1, 0.15) is 0 Å². The van der Waals surface area contributed by atoms with E-state index in [4.69, 9.17) is 4.74 Å². The van der Waals surface area contributed by atoms with Crippen LogP contribution in [-0.2, 0) is 117 Å². The van der Waals surface area contributed by atoms with Gasteiger partial charge in [-0.15, -0.1) is 13.2 Å². The first-order valence-corrected chi connectivity index (χ1v) is 34.1. The van der Waals surface area contributed by atoms with Crippen molar-refractivity contribution >= 4 is 92.0 Å². The van der Waals surface area contributed by atoms with E-state index in [1.165, 1.54) is 12.8 Å². The molecule has 3 radical (unpaired) electrons. The second-order valence-corrected chi connectivity index (χ2v) is 33.9. The van der Waals surface area contributed by atoms with Crippen molar-refractivity contribution in [3.05, 3.63) is 133 Å². The van der Waals surface area contributed by atoms with Crippen molar-refractivity contribution < 1.29 is 390 Å². The van der Waals surface area contributed by atoms with Crippen molar-refractivity contribution in [1.29, 1.82) is 0 Å². The minimum atomic E-state index is -9.31. The van der Waals surface area contributed by atoms with E-state index < -0.39 is 141 Å². The van der Waals surface area contributed by atoms with Gasteiger partial charge in [-0.05, 0) is 18.9 Å². The van der Waals surface area contributed by atoms with E-state index >= 15 is 0 Å². The molecule has 1 aliphatic rings. The van der Waals surface area contributed by atoms with Crippen LogP contribution in [-0.4, -0.2) is 18.7 Å². The van der Waals surface area contributed by atoms with E-state index in [9.17, 15) is 175 Å². The van der Waals surface area contributed by atoms with Crippen LogP contribution in [0.1, 0.15) is 96.0 Å². The van der Waals surface area contributed by atoms with Gasteiger partial charge in [-0.2, -0.15) is 0 Å². The third kappa shape index (κ3) is 345. The summed E-state index contributed by atoms with van der Waals surface area (Å²) in [5.41, 5.74) is 0. The van der Waals surface area contributed by atoms with E-state index in [1.54, 1.807) is 0 Å². The molecule has 1 N–H and O–H groups in total. The predicted molar refractivity (Wildman–Crippen MR) is 328 cm³/mol. The van der Waals surface area contributed by atoms with Crippen molar-refractivity contribution in [1.82, 2.24) is 0 Å². The monoisotopic (exact) mass is 2770 g/mol. The Morgan fingerprint density at radius 2 is 0.327 bits per heavy atom. The van der Waals surface area contributed by atoms with Gasteiger partial charge in [0, 0.05) is 189 Å². The Morgan fingerprint density at radius 3 is 0.347 bits per heavy atom. The molecular formula is C37H88F45NaO2S9U2V2W2Y. The van der Waals surface area contributed by atoms with Crippen LogP contribution < -0.4 is 29.6 Å². The molecule has 1 aliphatic heterocycles.